The Morgan fingerprint density at radius 3 is 2.71 bits per heavy atom. The Labute approximate surface area is 105 Å². The molecule has 0 aromatic heterocycles. The van der Waals surface area contributed by atoms with Gasteiger partial charge in [0.2, 0.25) is 0 Å². The van der Waals surface area contributed by atoms with Crippen LogP contribution in [0, 0.1) is 5.92 Å². The predicted octanol–water partition coefficient (Wildman–Crippen LogP) is 3.91. The van der Waals surface area contributed by atoms with Gasteiger partial charge in [0.15, 0.2) is 0 Å². The minimum Gasteiger partial charge on any atom is -0.494 e. The third kappa shape index (κ3) is 5.22. The molecule has 96 valence electrons. The molecule has 0 radical (unpaired) electrons. The summed E-state index contributed by atoms with van der Waals surface area (Å²) in [5.74, 6) is 1.69. The molecule has 17 heavy (non-hydrogen) atoms. The van der Waals surface area contributed by atoms with Crippen molar-refractivity contribution in [2.24, 2.45) is 11.7 Å². The molecule has 1 aromatic rings. The van der Waals surface area contributed by atoms with E-state index in [4.69, 9.17) is 10.5 Å². The summed E-state index contributed by atoms with van der Waals surface area (Å²) in [6, 6.07) is 8.26. The maximum Gasteiger partial charge on any atom is 0.119 e. The molecular formula is C15H25NO. The van der Waals surface area contributed by atoms with Gasteiger partial charge < -0.3 is 10.5 Å². The predicted molar refractivity (Wildman–Crippen MR) is 73.2 cm³/mol. The van der Waals surface area contributed by atoms with Crippen molar-refractivity contribution in [3.05, 3.63) is 29.8 Å². The van der Waals surface area contributed by atoms with Gasteiger partial charge in [-0.3, -0.25) is 0 Å². The Morgan fingerprint density at radius 1 is 1.29 bits per heavy atom. The summed E-state index contributed by atoms with van der Waals surface area (Å²) in [6.45, 7) is 7.37. The summed E-state index contributed by atoms with van der Waals surface area (Å²) in [5, 5.41) is 0. The first-order chi connectivity index (χ1) is 8.13. The maximum absolute atomic E-state index is 6.00. The van der Waals surface area contributed by atoms with E-state index in [0.717, 1.165) is 36.7 Å². The molecule has 0 fully saturated rings. The highest BCUT2D eigenvalue weighted by molar-refractivity contribution is 5.30. The molecule has 0 saturated heterocycles. The molecular weight excluding hydrogens is 210 g/mol. The maximum atomic E-state index is 6.00. The number of hydrogen-bond acceptors (Lipinski definition) is 2. The molecule has 0 saturated carbocycles. The number of rotatable bonds is 7. The summed E-state index contributed by atoms with van der Waals surface area (Å²) in [4.78, 5) is 0. The zero-order chi connectivity index (χ0) is 12.7. The molecule has 0 aliphatic rings. The molecule has 2 nitrogen and oxygen atoms in total. The Hall–Kier alpha value is -1.02. The van der Waals surface area contributed by atoms with Crippen LogP contribution < -0.4 is 10.5 Å². The highest BCUT2D eigenvalue weighted by Crippen LogP contribution is 2.20. The Kier molecular flexibility index (Phi) is 6.06. The molecule has 1 rings (SSSR count). The van der Waals surface area contributed by atoms with Gasteiger partial charge in [-0.1, -0.05) is 32.9 Å². The second-order valence-electron chi connectivity index (χ2n) is 4.97. The largest absolute Gasteiger partial charge is 0.494 e. The van der Waals surface area contributed by atoms with Crippen molar-refractivity contribution in [2.45, 2.75) is 46.1 Å². The fourth-order valence-electron chi connectivity index (χ4n) is 1.75. The summed E-state index contributed by atoms with van der Waals surface area (Å²) >= 11 is 0. The number of nitrogens with two attached hydrogens (primary N) is 1. The van der Waals surface area contributed by atoms with Crippen LogP contribution in [0.5, 0.6) is 5.75 Å². The first-order valence-corrected chi connectivity index (χ1v) is 6.61. The zero-order valence-corrected chi connectivity index (χ0v) is 11.3. The average Bonchev–Trinajstić information content (AvgIpc) is 2.34. The van der Waals surface area contributed by atoms with E-state index >= 15 is 0 Å². The zero-order valence-electron chi connectivity index (χ0n) is 11.3. The van der Waals surface area contributed by atoms with Crippen molar-refractivity contribution in [1.29, 1.82) is 0 Å². The monoisotopic (exact) mass is 235 g/mol. The van der Waals surface area contributed by atoms with Crippen LogP contribution in [0.25, 0.3) is 0 Å². The third-order valence-corrected chi connectivity index (χ3v) is 2.92. The van der Waals surface area contributed by atoms with Gasteiger partial charge in [-0.2, -0.15) is 0 Å². The highest BCUT2D eigenvalue weighted by Gasteiger charge is 2.04. The molecule has 0 bridgehead atoms. The number of hydrogen-bond donors (Lipinski definition) is 1. The molecule has 0 spiro atoms. The van der Waals surface area contributed by atoms with Crippen LogP contribution in [-0.4, -0.2) is 6.61 Å². The molecule has 0 aliphatic heterocycles. The molecule has 0 amide bonds. The number of benzene rings is 1. The first-order valence-electron chi connectivity index (χ1n) is 6.61. The molecule has 1 atom stereocenters. The quantitative estimate of drug-likeness (QED) is 0.727. The lowest BCUT2D eigenvalue weighted by atomic mass is 10.1. The Balaban J connectivity index is 2.43. The highest BCUT2D eigenvalue weighted by atomic mass is 16.5. The van der Waals surface area contributed by atoms with Crippen LogP contribution in [-0.2, 0) is 0 Å². The molecule has 1 unspecified atom stereocenters. The smallest absolute Gasteiger partial charge is 0.119 e. The van der Waals surface area contributed by atoms with E-state index < -0.39 is 0 Å². The Morgan fingerprint density at radius 2 is 2.06 bits per heavy atom. The van der Waals surface area contributed by atoms with Crippen LogP contribution in [0.1, 0.15) is 51.6 Å². The van der Waals surface area contributed by atoms with Crippen LogP contribution in [0.4, 0.5) is 0 Å². The van der Waals surface area contributed by atoms with Gasteiger partial charge >= 0.3 is 0 Å². The van der Waals surface area contributed by atoms with E-state index in [9.17, 15) is 0 Å². The van der Waals surface area contributed by atoms with Crippen LogP contribution in [0.3, 0.4) is 0 Å². The van der Waals surface area contributed by atoms with E-state index in [1.54, 1.807) is 0 Å². The molecule has 2 heteroatoms. The van der Waals surface area contributed by atoms with E-state index in [-0.39, 0.29) is 6.04 Å². The molecule has 0 aliphatic carbocycles. The second kappa shape index (κ2) is 7.33. The first kappa shape index (κ1) is 14.0. The minimum atomic E-state index is 0.120. The lowest BCUT2D eigenvalue weighted by Gasteiger charge is -2.12. The molecule has 1 aromatic carbocycles. The van der Waals surface area contributed by atoms with Crippen molar-refractivity contribution in [3.8, 4) is 5.75 Å². The summed E-state index contributed by atoms with van der Waals surface area (Å²) in [6.07, 6.45) is 3.28. The van der Waals surface area contributed by atoms with Gasteiger partial charge in [-0.05, 0) is 42.9 Å². The summed E-state index contributed by atoms with van der Waals surface area (Å²) in [5.41, 5.74) is 7.16. The summed E-state index contributed by atoms with van der Waals surface area (Å²) < 4.78 is 5.74. The number of ether oxygens (including phenoxy) is 1. The lowest BCUT2D eigenvalue weighted by molar-refractivity contribution is 0.297. The van der Waals surface area contributed by atoms with Gasteiger partial charge in [-0.25, -0.2) is 0 Å². The van der Waals surface area contributed by atoms with Crippen molar-refractivity contribution in [3.63, 3.8) is 0 Å². The second-order valence-corrected chi connectivity index (χ2v) is 4.97. The fraction of sp³-hybridized carbons (Fsp3) is 0.600. The van der Waals surface area contributed by atoms with Gasteiger partial charge in [0.25, 0.3) is 0 Å². The standard InChI is InChI=1S/C15H25NO/c1-4-15(16)13-8-5-9-14(11-13)17-10-6-7-12(2)3/h5,8-9,11-12,15H,4,6-7,10,16H2,1-3H3. The van der Waals surface area contributed by atoms with Gasteiger partial charge in [0, 0.05) is 6.04 Å². The van der Waals surface area contributed by atoms with E-state index in [1.165, 1.54) is 6.42 Å². The van der Waals surface area contributed by atoms with Crippen molar-refractivity contribution >= 4 is 0 Å². The average molecular weight is 235 g/mol. The van der Waals surface area contributed by atoms with Gasteiger partial charge in [0.05, 0.1) is 6.61 Å². The van der Waals surface area contributed by atoms with Crippen LogP contribution in [0.2, 0.25) is 0 Å². The van der Waals surface area contributed by atoms with Gasteiger partial charge in [0.1, 0.15) is 5.75 Å². The van der Waals surface area contributed by atoms with Crippen molar-refractivity contribution in [1.82, 2.24) is 0 Å². The SMILES string of the molecule is CCC(N)c1cccc(OCCCC(C)C)c1. The van der Waals surface area contributed by atoms with E-state index in [1.807, 2.05) is 12.1 Å². The van der Waals surface area contributed by atoms with Crippen molar-refractivity contribution < 1.29 is 4.74 Å². The minimum absolute atomic E-state index is 0.120. The molecule has 0 heterocycles. The summed E-state index contributed by atoms with van der Waals surface area (Å²) in [7, 11) is 0. The van der Waals surface area contributed by atoms with E-state index in [2.05, 4.69) is 32.9 Å². The lowest BCUT2D eigenvalue weighted by Crippen LogP contribution is -2.08. The van der Waals surface area contributed by atoms with Crippen molar-refractivity contribution in [2.75, 3.05) is 6.61 Å². The topological polar surface area (TPSA) is 35.2 Å². The van der Waals surface area contributed by atoms with Gasteiger partial charge in [-0.15, -0.1) is 0 Å². The normalized spacial score (nSPS) is 12.8. The van der Waals surface area contributed by atoms with Crippen LogP contribution in [0.15, 0.2) is 24.3 Å². The third-order valence-electron chi connectivity index (χ3n) is 2.92. The Bertz CT molecular complexity index is 322. The molecule has 2 N–H and O–H groups in total. The van der Waals surface area contributed by atoms with E-state index in [0.29, 0.717) is 0 Å². The fourth-order valence-corrected chi connectivity index (χ4v) is 1.75. The van der Waals surface area contributed by atoms with Crippen LogP contribution >= 0.6 is 0 Å².